The van der Waals surface area contributed by atoms with Crippen molar-refractivity contribution in [3.8, 4) is 0 Å². The molecular weight excluding hydrogens is 198 g/mol. The van der Waals surface area contributed by atoms with Gasteiger partial charge in [-0.25, -0.2) is 0 Å². The number of benzene rings is 2. The molecule has 0 spiro atoms. The van der Waals surface area contributed by atoms with Crippen molar-refractivity contribution >= 4 is 16.5 Å². The average Bonchev–Trinajstić information content (AvgIpc) is 2.35. The van der Waals surface area contributed by atoms with Gasteiger partial charge in [-0.3, -0.25) is 0 Å². The summed E-state index contributed by atoms with van der Waals surface area (Å²) in [5.41, 5.74) is 1.09. The molecule has 0 aromatic heterocycles. The Hall–Kier alpha value is -1.54. The molecule has 2 heteroatoms. The van der Waals surface area contributed by atoms with Gasteiger partial charge in [0.25, 0.3) is 0 Å². The monoisotopic (exact) mass is 215 g/mol. The molecule has 16 heavy (non-hydrogen) atoms. The first-order valence-corrected chi connectivity index (χ1v) is 5.71. The van der Waals surface area contributed by atoms with Crippen LogP contribution in [0, 0.1) is 0 Å². The van der Waals surface area contributed by atoms with Crippen LogP contribution in [0.25, 0.3) is 10.8 Å². The zero-order valence-corrected chi connectivity index (χ0v) is 9.48. The largest absolute Gasteiger partial charge is 0.391 e. The molecule has 0 fully saturated rings. The van der Waals surface area contributed by atoms with Gasteiger partial charge in [-0.15, -0.1) is 0 Å². The first-order chi connectivity index (χ1) is 7.81. The van der Waals surface area contributed by atoms with Gasteiger partial charge in [0.15, 0.2) is 0 Å². The number of anilines is 1. The molecule has 0 saturated carbocycles. The molecule has 2 rings (SSSR count). The lowest BCUT2D eigenvalue weighted by Gasteiger charge is -2.12. The lowest BCUT2D eigenvalue weighted by Crippen LogP contribution is -2.18. The summed E-state index contributed by atoms with van der Waals surface area (Å²) in [6, 6.07) is 14.4. The highest BCUT2D eigenvalue weighted by molar-refractivity contribution is 5.93. The van der Waals surface area contributed by atoms with Crippen molar-refractivity contribution in [1.82, 2.24) is 0 Å². The fourth-order valence-corrected chi connectivity index (χ4v) is 1.75. The second-order valence-corrected chi connectivity index (χ2v) is 3.97. The third-order valence-corrected chi connectivity index (χ3v) is 2.79. The van der Waals surface area contributed by atoms with Crippen LogP contribution >= 0.6 is 0 Å². The Morgan fingerprint density at radius 2 is 1.88 bits per heavy atom. The maximum atomic E-state index is 9.53. The molecule has 0 amide bonds. The van der Waals surface area contributed by atoms with Crippen molar-refractivity contribution in [3.63, 3.8) is 0 Å². The van der Waals surface area contributed by atoms with Crippen molar-refractivity contribution in [3.05, 3.63) is 42.5 Å². The Morgan fingerprint density at radius 1 is 1.12 bits per heavy atom. The van der Waals surface area contributed by atoms with Gasteiger partial charge in [-0.05, 0) is 17.9 Å². The summed E-state index contributed by atoms with van der Waals surface area (Å²) in [7, 11) is 0. The second kappa shape index (κ2) is 4.99. The third-order valence-electron chi connectivity index (χ3n) is 2.79. The maximum Gasteiger partial charge on any atom is 0.0709 e. The lowest BCUT2D eigenvalue weighted by molar-refractivity contribution is 0.183. The van der Waals surface area contributed by atoms with Crippen molar-refractivity contribution in [2.45, 2.75) is 19.4 Å². The summed E-state index contributed by atoms with van der Waals surface area (Å²) < 4.78 is 0. The van der Waals surface area contributed by atoms with Crippen LogP contribution in [-0.4, -0.2) is 17.8 Å². The number of fused-ring (bicyclic) bond motifs is 1. The van der Waals surface area contributed by atoms with Crippen molar-refractivity contribution in [2.24, 2.45) is 0 Å². The second-order valence-electron chi connectivity index (χ2n) is 3.97. The molecular formula is C14H17NO. The molecule has 2 aromatic rings. The molecule has 0 aliphatic carbocycles. The van der Waals surface area contributed by atoms with Crippen LogP contribution in [0.5, 0.6) is 0 Å². The van der Waals surface area contributed by atoms with Crippen LogP contribution < -0.4 is 5.32 Å². The molecule has 2 N–H and O–H groups in total. The van der Waals surface area contributed by atoms with Gasteiger partial charge in [0.1, 0.15) is 0 Å². The van der Waals surface area contributed by atoms with Crippen molar-refractivity contribution < 1.29 is 5.11 Å². The molecule has 0 heterocycles. The van der Waals surface area contributed by atoms with E-state index in [0.717, 1.165) is 12.1 Å². The van der Waals surface area contributed by atoms with Crippen LogP contribution in [-0.2, 0) is 0 Å². The van der Waals surface area contributed by atoms with Crippen LogP contribution in [0.3, 0.4) is 0 Å². The molecule has 0 saturated heterocycles. The van der Waals surface area contributed by atoms with Gasteiger partial charge < -0.3 is 10.4 Å². The lowest BCUT2D eigenvalue weighted by atomic mass is 10.1. The molecule has 0 bridgehead atoms. The minimum Gasteiger partial charge on any atom is -0.391 e. The van der Waals surface area contributed by atoms with Gasteiger partial charge in [0.2, 0.25) is 0 Å². The Balaban J connectivity index is 2.23. The average molecular weight is 215 g/mol. The van der Waals surface area contributed by atoms with E-state index in [1.807, 2.05) is 31.2 Å². The van der Waals surface area contributed by atoms with E-state index in [2.05, 4.69) is 23.5 Å². The smallest absolute Gasteiger partial charge is 0.0709 e. The molecule has 1 unspecified atom stereocenters. The molecule has 2 nitrogen and oxygen atoms in total. The number of aliphatic hydroxyl groups is 1. The van der Waals surface area contributed by atoms with E-state index >= 15 is 0 Å². The van der Waals surface area contributed by atoms with Gasteiger partial charge >= 0.3 is 0 Å². The fraction of sp³-hybridized carbons (Fsp3) is 0.286. The predicted molar refractivity (Wildman–Crippen MR) is 68.7 cm³/mol. The van der Waals surface area contributed by atoms with Crippen LogP contribution in [0.4, 0.5) is 5.69 Å². The maximum absolute atomic E-state index is 9.53. The van der Waals surface area contributed by atoms with Crippen molar-refractivity contribution in [2.75, 3.05) is 11.9 Å². The minimum absolute atomic E-state index is 0.279. The third kappa shape index (κ3) is 2.34. The zero-order chi connectivity index (χ0) is 11.4. The number of hydrogen-bond acceptors (Lipinski definition) is 2. The van der Waals surface area contributed by atoms with Crippen LogP contribution in [0.15, 0.2) is 42.5 Å². The van der Waals surface area contributed by atoms with E-state index < -0.39 is 0 Å². The molecule has 0 radical (unpaired) electrons. The highest BCUT2D eigenvalue weighted by Crippen LogP contribution is 2.22. The Morgan fingerprint density at radius 3 is 2.69 bits per heavy atom. The number of hydrogen-bond donors (Lipinski definition) is 2. The number of rotatable bonds is 4. The summed E-state index contributed by atoms with van der Waals surface area (Å²) in [4.78, 5) is 0. The topological polar surface area (TPSA) is 32.3 Å². The Kier molecular flexibility index (Phi) is 3.42. The van der Waals surface area contributed by atoms with E-state index in [-0.39, 0.29) is 6.10 Å². The number of aliphatic hydroxyl groups excluding tert-OH is 1. The van der Waals surface area contributed by atoms with Crippen molar-refractivity contribution in [1.29, 1.82) is 0 Å². The molecule has 0 aliphatic heterocycles. The van der Waals surface area contributed by atoms with E-state index in [0.29, 0.717) is 6.54 Å². The molecule has 0 aliphatic rings. The predicted octanol–water partition coefficient (Wildman–Crippen LogP) is 3.02. The summed E-state index contributed by atoms with van der Waals surface area (Å²) in [6.07, 6.45) is 0.497. The minimum atomic E-state index is -0.279. The van der Waals surface area contributed by atoms with Gasteiger partial charge in [0, 0.05) is 17.6 Å². The van der Waals surface area contributed by atoms with Gasteiger partial charge in [0.05, 0.1) is 6.10 Å². The number of nitrogens with one attached hydrogen (secondary N) is 1. The van der Waals surface area contributed by atoms with E-state index in [1.54, 1.807) is 0 Å². The van der Waals surface area contributed by atoms with Crippen LogP contribution in [0.1, 0.15) is 13.3 Å². The Labute approximate surface area is 95.9 Å². The summed E-state index contributed by atoms with van der Waals surface area (Å²) in [5.74, 6) is 0. The van der Waals surface area contributed by atoms with Crippen LogP contribution in [0.2, 0.25) is 0 Å². The highest BCUT2D eigenvalue weighted by atomic mass is 16.3. The van der Waals surface area contributed by atoms with E-state index in [4.69, 9.17) is 0 Å². The highest BCUT2D eigenvalue weighted by Gasteiger charge is 2.02. The van der Waals surface area contributed by atoms with Gasteiger partial charge in [-0.1, -0.05) is 43.3 Å². The zero-order valence-electron chi connectivity index (χ0n) is 9.48. The molecule has 2 aromatic carbocycles. The Bertz CT molecular complexity index is 462. The molecule has 1 atom stereocenters. The quantitative estimate of drug-likeness (QED) is 0.821. The molecule has 84 valence electrons. The van der Waals surface area contributed by atoms with E-state index in [1.165, 1.54) is 10.8 Å². The first kappa shape index (κ1) is 11.0. The normalized spacial score (nSPS) is 12.6. The van der Waals surface area contributed by atoms with E-state index in [9.17, 15) is 5.11 Å². The standard InChI is InChI=1S/C14H17NO/c1-2-12(16)10-15-14-9-5-7-11-6-3-4-8-13(11)14/h3-9,12,15-16H,2,10H2,1H3. The summed E-state index contributed by atoms with van der Waals surface area (Å²) in [5, 5.41) is 15.2. The fourth-order valence-electron chi connectivity index (χ4n) is 1.75. The summed E-state index contributed by atoms with van der Waals surface area (Å²) in [6.45, 7) is 2.58. The van der Waals surface area contributed by atoms with Gasteiger partial charge in [-0.2, -0.15) is 0 Å². The SMILES string of the molecule is CCC(O)CNc1cccc2ccccc12. The summed E-state index contributed by atoms with van der Waals surface area (Å²) >= 11 is 0. The first-order valence-electron chi connectivity index (χ1n) is 5.71.